The topological polar surface area (TPSA) is 132 Å². The minimum Gasteiger partial charge on any atom is -0.309 e. The standard InChI is InChI=1S/C21H25N5O5S2/c1-13-5-8-18(22-12-13)23-19(27)16(9-10-32-4)24-33(30,31)14-6-7-17-15(11-14)20(28)26(3)21(29)25(17)2/h5-8,11-12,16,24H,9-10H2,1-4H3,(H,22,23,27)/t16-/m0/s1. The highest BCUT2D eigenvalue weighted by Gasteiger charge is 2.26. The molecule has 1 atom stereocenters. The maximum absolute atomic E-state index is 13.1. The van der Waals surface area contributed by atoms with Crippen LogP contribution in [0.5, 0.6) is 0 Å². The SMILES string of the molecule is CSCC[C@H](NS(=O)(=O)c1ccc2c(c1)c(=O)n(C)c(=O)n2C)C(=O)Nc1ccc(C)cn1. The fourth-order valence-electron chi connectivity index (χ4n) is 3.23. The van der Waals surface area contributed by atoms with Gasteiger partial charge in [-0.3, -0.25) is 18.7 Å². The fourth-order valence-corrected chi connectivity index (χ4v) is 4.96. The van der Waals surface area contributed by atoms with E-state index in [0.717, 1.165) is 10.1 Å². The second-order valence-electron chi connectivity index (χ2n) is 7.55. The summed E-state index contributed by atoms with van der Waals surface area (Å²) in [5.74, 6) is 0.319. The third kappa shape index (κ3) is 5.34. The van der Waals surface area contributed by atoms with Crippen LogP contribution in [-0.2, 0) is 28.9 Å². The Hall–Kier alpha value is -2.96. The van der Waals surface area contributed by atoms with Crippen molar-refractivity contribution in [3.8, 4) is 0 Å². The molecule has 0 aliphatic rings. The minimum atomic E-state index is -4.15. The Bertz CT molecular complexity index is 1410. The van der Waals surface area contributed by atoms with Gasteiger partial charge in [-0.2, -0.15) is 16.5 Å². The van der Waals surface area contributed by atoms with Crippen molar-refractivity contribution in [2.24, 2.45) is 14.1 Å². The molecule has 10 nitrogen and oxygen atoms in total. The third-order valence-electron chi connectivity index (χ3n) is 5.14. The summed E-state index contributed by atoms with van der Waals surface area (Å²) in [7, 11) is -1.33. The van der Waals surface area contributed by atoms with Gasteiger partial charge in [0.2, 0.25) is 15.9 Å². The molecule has 1 aromatic carbocycles. The van der Waals surface area contributed by atoms with Crippen LogP contribution in [-0.4, -0.2) is 46.5 Å². The van der Waals surface area contributed by atoms with Crippen LogP contribution in [0.4, 0.5) is 5.82 Å². The summed E-state index contributed by atoms with van der Waals surface area (Å²) in [5.41, 5.74) is 0.115. The minimum absolute atomic E-state index is 0.0800. The van der Waals surface area contributed by atoms with E-state index in [0.29, 0.717) is 17.1 Å². The molecule has 0 aliphatic heterocycles. The average Bonchev–Trinajstić information content (AvgIpc) is 2.79. The second-order valence-corrected chi connectivity index (χ2v) is 10.2. The molecular formula is C21H25N5O5S2. The van der Waals surface area contributed by atoms with Gasteiger partial charge in [-0.15, -0.1) is 0 Å². The van der Waals surface area contributed by atoms with Crippen LogP contribution >= 0.6 is 11.8 Å². The molecule has 176 valence electrons. The smallest absolute Gasteiger partial charge is 0.309 e. The van der Waals surface area contributed by atoms with Crippen LogP contribution < -0.4 is 21.3 Å². The molecule has 0 bridgehead atoms. The predicted molar refractivity (Wildman–Crippen MR) is 129 cm³/mol. The van der Waals surface area contributed by atoms with E-state index >= 15 is 0 Å². The van der Waals surface area contributed by atoms with Gasteiger partial charge in [-0.05, 0) is 55.2 Å². The first-order chi connectivity index (χ1) is 15.5. The molecule has 0 fully saturated rings. The molecule has 33 heavy (non-hydrogen) atoms. The summed E-state index contributed by atoms with van der Waals surface area (Å²) in [6.07, 6.45) is 3.70. The van der Waals surface area contributed by atoms with E-state index in [-0.39, 0.29) is 16.7 Å². The van der Waals surface area contributed by atoms with Crippen molar-refractivity contribution in [1.82, 2.24) is 18.8 Å². The number of nitrogens with zero attached hydrogens (tertiary/aromatic N) is 3. The lowest BCUT2D eigenvalue weighted by Gasteiger charge is -2.18. The van der Waals surface area contributed by atoms with Gasteiger partial charge in [-0.1, -0.05) is 6.07 Å². The number of sulfonamides is 1. The van der Waals surface area contributed by atoms with Crippen molar-refractivity contribution in [3.05, 3.63) is 62.9 Å². The Morgan fingerprint density at radius 1 is 1.15 bits per heavy atom. The quantitative estimate of drug-likeness (QED) is 0.480. The van der Waals surface area contributed by atoms with Crippen molar-refractivity contribution in [2.75, 3.05) is 17.3 Å². The summed E-state index contributed by atoms with van der Waals surface area (Å²) >= 11 is 1.48. The third-order valence-corrected chi connectivity index (χ3v) is 7.25. The van der Waals surface area contributed by atoms with Gasteiger partial charge in [-0.25, -0.2) is 18.2 Å². The van der Waals surface area contributed by atoms with Gasteiger partial charge < -0.3 is 5.32 Å². The van der Waals surface area contributed by atoms with Crippen LogP contribution in [0.15, 0.2) is 51.0 Å². The molecule has 0 saturated heterocycles. The lowest BCUT2D eigenvalue weighted by atomic mass is 10.2. The maximum Gasteiger partial charge on any atom is 0.330 e. The molecule has 2 N–H and O–H groups in total. The number of hydrogen-bond donors (Lipinski definition) is 2. The maximum atomic E-state index is 13.1. The lowest BCUT2D eigenvalue weighted by Crippen LogP contribution is -2.44. The number of thioether (sulfide) groups is 1. The summed E-state index contributed by atoms with van der Waals surface area (Å²) in [6, 6.07) is 6.28. The average molecular weight is 492 g/mol. The van der Waals surface area contributed by atoms with Gasteiger partial charge in [0, 0.05) is 20.3 Å². The van der Waals surface area contributed by atoms with Gasteiger partial charge >= 0.3 is 5.69 Å². The summed E-state index contributed by atoms with van der Waals surface area (Å²) in [4.78, 5) is 41.4. The Morgan fingerprint density at radius 2 is 1.88 bits per heavy atom. The molecule has 3 aromatic rings. The highest BCUT2D eigenvalue weighted by Crippen LogP contribution is 2.17. The van der Waals surface area contributed by atoms with Gasteiger partial charge in [0.05, 0.1) is 15.8 Å². The number of benzene rings is 1. The van der Waals surface area contributed by atoms with E-state index in [1.807, 2.05) is 13.2 Å². The first-order valence-electron chi connectivity index (χ1n) is 9.99. The lowest BCUT2D eigenvalue weighted by molar-refractivity contribution is -0.117. The number of carbonyl (C=O) groups is 1. The number of anilines is 1. The number of carbonyl (C=O) groups excluding carboxylic acids is 1. The number of amides is 1. The van der Waals surface area contributed by atoms with Crippen LogP contribution in [0.1, 0.15) is 12.0 Å². The molecular weight excluding hydrogens is 466 g/mol. The first kappa shape index (κ1) is 24.7. The van der Waals surface area contributed by atoms with Gasteiger partial charge in [0.25, 0.3) is 5.56 Å². The van der Waals surface area contributed by atoms with E-state index in [2.05, 4.69) is 15.0 Å². The zero-order chi connectivity index (χ0) is 24.3. The number of fused-ring (bicyclic) bond motifs is 1. The number of nitrogens with one attached hydrogen (secondary N) is 2. The van der Waals surface area contributed by atoms with Crippen LogP contribution in [0.2, 0.25) is 0 Å². The Labute approximate surface area is 195 Å². The van der Waals surface area contributed by atoms with E-state index in [1.54, 1.807) is 18.3 Å². The number of aryl methyl sites for hydroxylation is 2. The Balaban J connectivity index is 1.94. The molecule has 0 aliphatic carbocycles. The summed E-state index contributed by atoms with van der Waals surface area (Å²) in [5, 5.41) is 2.71. The highest BCUT2D eigenvalue weighted by molar-refractivity contribution is 7.98. The molecule has 2 aromatic heterocycles. The molecule has 1 amide bonds. The van der Waals surface area contributed by atoms with Crippen LogP contribution in [0.3, 0.4) is 0 Å². The molecule has 12 heteroatoms. The summed E-state index contributed by atoms with van der Waals surface area (Å²) < 4.78 is 30.8. The molecule has 0 spiro atoms. The van der Waals surface area contributed by atoms with E-state index < -0.39 is 33.2 Å². The summed E-state index contributed by atoms with van der Waals surface area (Å²) in [6.45, 7) is 1.86. The number of aromatic nitrogens is 3. The zero-order valence-corrected chi connectivity index (χ0v) is 20.3. The van der Waals surface area contributed by atoms with E-state index in [4.69, 9.17) is 0 Å². The Morgan fingerprint density at radius 3 is 2.52 bits per heavy atom. The van der Waals surface area contributed by atoms with Crippen molar-refractivity contribution in [3.63, 3.8) is 0 Å². The van der Waals surface area contributed by atoms with Crippen LogP contribution in [0, 0.1) is 6.92 Å². The van der Waals surface area contributed by atoms with Crippen molar-refractivity contribution < 1.29 is 13.2 Å². The highest BCUT2D eigenvalue weighted by atomic mass is 32.2. The normalized spacial score (nSPS) is 12.6. The number of hydrogen-bond acceptors (Lipinski definition) is 7. The Kier molecular flexibility index (Phi) is 7.40. The molecule has 0 unspecified atom stereocenters. The van der Waals surface area contributed by atoms with Crippen molar-refractivity contribution in [2.45, 2.75) is 24.3 Å². The largest absolute Gasteiger partial charge is 0.330 e. The van der Waals surface area contributed by atoms with Crippen LogP contribution in [0.25, 0.3) is 10.9 Å². The van der Waals surface area contributed by atoms with E-state index in [9.17, 15) is 22.8 Å². The first-order valence-corrected chi connectivity index (χ1v) is 12.9. The fraction of sp³-hybridized carbons (Fsp3) is 0.333. The zero-order valence-electron chi connectivity index (χ0n) is 18.7. The second kappa shape index (κ2) is 9.89. The van der Waals surface area contributed by atoms with Gasteiger partial charge in [0.15, 0.2) is 0 Å². The van der Waals surface area contributed by atoms with E-state index in [1.165, 1.54) is 48.6 Å². The van der Waals surface area contributed by atoms with Crippen molar-refractivity contribution >= 4 is 44.4 Å². The molecule has 0 saturated carbocycles. The molecule has 2 heterocycles. The van der Waals surface area contributed by atoms with Crippen molar-refractivity contribution in [1.29, 1.82) is 0 Å². The molecule has 3 rings (SSSR count). The van der Waals surface area contributed by atoms with Gasteiger partial charge in [0.1, 0.15) is 11.9 Å². The predicted octanol–water partition coefficient (Wildman–Crippen LogP) is 0.979. The number of rotatable bonds is 8. The monoisotopic (exact) mass is 491 g/mol. The number of pyridine rings is 1. The molecule has 0 radical (unpaired) electrons.